The molecule has 1 aromatic carbocycles. The number of hydrogen-bond donors (Lipinski definition) is 0. The molecule has 0 radical (unpaired) electrons. The number of aryl methyl sites for hydroxylation is 2. The minimum atomic E-state index is -3.69. The van der Waals surface area contributed by atoms with Gasteiger partial charge in [-0.25, -0.2) is 8.42 Å². The first-order chi connectivity index (χ1) is 8.71. The van der Waals surface area contributed by atoms with Gasteiger partial charge in [-0.1, -0.05) is 13.8 Å². The van der Waals surface area contributed by atoms with Gasteiger partial charge in [0.25, 0.3) is 9.05 Å². The molecule has 0 aliphatic rings. The van der Waals surface area contributed by atoms with Gasteiger partial charge >= 0.3 is 0 Å². The minimum absolute atomic E-state index is 0.154. The molecule has 0 aliphatic heterocycles. The second-order valence-electron chi connectivity index (χ2n) is 5.21. The van der Waals surface area contributed by atoms with Crippen LogP contribution in [0.25, 0.3) is 0 Å². The molecule has 5 heteroatoms. The van der Waals surface area contributed by atoms with E-state index in [-0.39, 0.29) is 4.90 Å². The van der Waals surface area contributed by atoms with Gasteiger partial charge in [-0.3, -0.25) is 0 Å². The highest BCUT2D eigenvalue weighted by molar-refractivity contribution is 8.13. The molecule has 0 aromatic heterocycles. The lowest BCUT2D eigenvalue weighted by Gasteiger charge is -2.12. The molecule has 19 heavy (non-hydrogen) atoms. The summed E-state index contributed by atoms with van der Waals surface area (Å²) in [5.41, 5.74) is 1.40. The van der Waals surface area contributed by atoms with Gasteiger partial charge in [0.15, 0.2) is 0 Å². The van der Waals surface area contributed by atoms with Gasteiger partial charge in [-0.15, -0.1) is 0 Å². The summed E-state index contributed by atoms with van der Waals surface area (Å²) < 4.78 is 28.5. The average Bonchev–Trinajstić information content (AvgIpc) is 2.26. The zero-order valence-corrected chi connectivity index (χ0v) is 13.4. The van der Waals surface area contributed by atoms with E-state index in [0.29, 0.717) is 18.1 Å². The van der Waals surface area contributed by atoms with Crippen LogP contribution in [0.1, 0.15) is 37.8 Å². The van der Waals surface area contributed by atoms with E-state index in [2.05, 4.69) is 13.8 Å². The van der Waals surface area contributed by atoms with Crippen molar-refractivity contribution in [2.75, 3.05) is 6.61 Å². The third-order valence-electron chi connectivity index (χ3n) is 2.92. The van der Waals surface area contributed by atoms with Gasteiger partial charge in [-0.05, 0) is 55.9 Å². The fraction of sp³-hybridized carbons (Fsp3) is 0.571. The summed E-state index contributed by atoms with van der Waals surface area (Å²) in [6.07, 6.45) is 2.11. The van der Waals surface area contributed by atoms with Crippen LogP contribution in [-0.2, 0) is 9.05 Å². The Hall–Kier alpha value is -0.740. The maximum Gasteiger partial charge on any atom is 0.261 e. The first-order valence-electron chi connectivity index (χ1n) is 6.40. The molecule has 1 aromatic rings. The molecule has 0 bridgehead atoms. The summed E-state index contributed by atoms with van der Waals surface area (Å²) >= 11 is 0. The van der Waals surface area contributed by atoms with E-state index in [1.165, 1.54) is 0 Å². The summed E-state index contributed by atoms with van der Waals surface area (Å²) in [6, 6.07) is 3.30. The van der Waals surface area contributed by atoms with Crippen LogP contribution < -0.4 is 4.74 Å². The number of ether oxygens (including phenoxy) is 1. The Labute approximate surface area is 120 Å². The number of hydrogen-bond acceptors (Lipinski definition) is 3. The molecule has 0 atom stereocenters. The lowest BCUT2D eigenvalue weighted by Crippen LogP contribution is -2.03. The molecule has 0 unspecified atom stereocenters. The molecular formula is C14H21ClO3S. The molecule has 0 heterocycles. The van der Waals surface area contributed by atoms with E-state index in [1.807, 2.05) is 6.92 Å². The van der Waals surface area contributed by atoms with Crippen LogP contribution in [0.4, 0.5) is 0 Å². The van der Waals surface area contributed by atoms with Crippen LogP contribution in [0, 0.1) is 19.8 Å². The molecule has 0 fully saturated rings. The van der Waals surface area contributed by atoms with E-state index in [4.69, 9.17) is 15.4 Å². The van der Waals surface area contributed by atoms with E-state index in [0.717, 1.165) is 24.2 Å². The number of benzene rings is 1. The third-order valence-corrected chi connectivity index (χ3v) is 4.38. The van der Waals surface area contributed by atoms with Crippen LogP contribution in [0.15, 0.2) is 17.0 Å². The zero-order valence-electron chi connectivity index (χ0n) is 11.9. The summed E-state index contributed by atoms with van der Waals surface area (Å²) in [6.45, 7) is 8.54. The Morgan fingerprint density at radius 2 is 1.84 bits per heavy atom. The van der Waals surface area contributed by atoms with Gasteiger partial charge < -0.3 is 4.74 Å². The molecular weight excluding hydrogens is 284 g/mol. The highest BCUT2D eigenvalue weighted by Gasteiger charge is 2.15. The van der Waals surface area contributed by atoms with Crippen molar-refractivity contribution in [3.8, 4) is 5.75 Å². The van der Waals surface area contributed by atoms with Crippen LogP contribution in [0.3, 0.4) is 0 Å². The Morgan fingerprint density at radius 1 is 1.21 bits per heavy atom. The predicted octanol–water partition coefficient (Wildman–Crippen LogP) is 4.05. The highest BCUT2D eigenvalue weighted by atomic mass is 35.7. The average molecular weight is 305 g/mol. The summed E-state index contributed by atoms with van der Waals surface area (Å²) in [5, 5.41) is 0. The second kappa shape index (κ2) is 6.62. The van der Waals surface area contributed by atoms with Crippen molar-refractivity contribution in [1.29, 1.82) is 0 Å². The molecule has 108 valence electrons. The largest absolute Gasteiger partial charge is 0.493 e. The summed E-state index contributed by atoms with van der Waals surface area (Å²) in [7, 11) is 1.69. The van der Waals surface area contributed by atoms with Crippen molar-refractivity contribution in [1.82, 2.24) is 0 Å². The molecule has 0 aliphatic carbocycles. The van der Waals surface area contributed by atoms with Crippen molar-refractivity contribution < 1.29 is 13.2 Å². The normalized spacial score (nSPS) is 11.9. The smallest absolute Gasteiger partial charge is 0.261 e. The molecule has 0 N–H and O–H groups in total. The fourth-order valence-electron chi connectivity index (χ4n) is 1.86. The zero-order chi connectivity index (χ0) is 14.6. The lowest BCUT2D eigenvalue weighted by atomic mass is 10.1. The summed E-state index contributed by atoms with van der Waals surface area (Å²) in [5.74, 6) is 1.39. The van der Waals surface area contributed by atoms with Gasteiger partial charge in [0, 0.05) is 10.7 Å². The van der Waals surface area contributed by atoms with Crippen LogP contribution in [-0.4, -0.2) is 15.0 Å². The highest BCUT2D eigenvalue weighted by Crippen LogP contribution is 2.28. The SMILES string of the molecule is Cc1cc(S(=O)(=O)Cl)c(C)cc1OCCCC(C)C. The maximum atomic E-state index is 11.4. The number of rotatable bonds is 6. The standard InChI is InChI=1S/C14H21ClO3S/c1-10(2)6-5-7-18-13-8-12(4)14(9-11(13)3)19(15,16)17/h8-10H,5-7H2,1-4H3. The first-order valence-corrected chi connectivity index (χ1v) is 8.71. The van der Waals surface area contributed by atoms with E-state index in [9.17, 15) is 8.42 Å². The quantitative estimate of drug-likeness (QED) is 0.588. The Bertz CT molecular complexity index is 536. The van der Waals surface area contributed by atoms with Gasteiger partial charge in [0.2, 0.25) is 0 Å². The molecule has 1 rings (SSSR count). The van der Waals surface area contributed by atoms with Crippen LogP contribution in [0.2, 0.25) is 0 Å². The van der Waals surface area contributed by atoms with Crippen LogP contribution >= 0.6 is 10.7 Å². The van der Waals surface area contributed by atoms with Crippen molar-refractivity contribution in [3.05, 3.63) is 23.3 Å². The van der Waals surface area contributed by atoms with Crippen molar-refractivity contribution in [3.63, 3.8) is 0 Å². The van der Waals surface area contributed by atoms with Crippen molar-refractivity contribution in [2.24, 2.45) is 5.92 Å². The monoisotopic (exact) mass is 304 g/mol. The van der Waals surface area contributed by atoms with Gasteiger partial charge in [0.1, 0.15) is 5.75 Å². The first kappa shape index (κ1) is 16.3. The van der Waals surface area contributed by atoms with Crippen LogP contribution in [0.5, 0.6) is 5.75 Å². The molecule has 0 saturated heterocycles. The topological polar surface area (TPSA) is 43.4 Å². The second-order valence-corrected chi connectivity index (χ2v) is 7.74. The fourth-order valence-corrected chi connectivity index (χ4v) is 3.11. The lowest BCUT2D eigenvalue weighted by molar-refractivity contribution is 0.295. The molecule has 0 amide bonds. The Kier molecular flexibility index (Phi) is 5.68. The molecule has 3 nitrogen and oxygen atoms in total. The van der Waals surface area contributed by atoms with E-state index in [1.54, 1.807) is 19.1 Å². The van der Waals surface area contributed by atoms with E-state index >= 15 is 0 Å². The summed E-state index contributed by atoms with van der Waals surface area (Å²) in [4.78, 5) is 0.154. The van der Waals surface area contributed by atoms with E-state index < -0.39 is 9.05 Å². The third kappa shape index (κ3) is 5.03. The molecule has 0 spiro atoms. The van der Waals surface area contributed by atoms with Gasteiger partial charge in [0.05, 0.1) is 11.5 Å². The Morgan fingerprint density at radius 3 is 2.37 bits per heavy atom. The number of halogens is 1. The van der Waals surface area contributed by atoms with Crippen molar-refractivity contribution in [2.45, 2.75) is 45.4 Å². The predicted molar refractivity (Wildman–Crippen MR) is 78.5 cm³/mol. The minimum Gasteiger partial charge on any atom is -0.493 e. The van der Waals surface area contributed by atoms with Gasteiger partial charge in [-0.2, -0.15) is 0 Å². The Balaban J connectivity index is 2.80. The van der Waals surface area contributed by atoms with Crippen molar-refractivity contribution >= 4 is 19.7 Å². The maximum absolute atomic E-state index is 11.4. The molecule has 0 saturated carbocycles.